The second kappa shape index (κ2) is 5.14. The van der Waals surface area contributed by atoms with Crippen molar-refractivity contribution in [2.24, 2.45) is 5.73 Å². The lowest BCUT2D eigenvalue weighted by Gasteiger charge is -2.11. The summed E-state index contributed by atoms with van der Waals surface area (Å²) in [5, 5.41) is 9.44. The fourth-order valence-corrected chi connectivity index (χ4v) is 1.25. The molecule has 0 spiro atoms. The Kier molecular flexibility index (Phi) is 4.11. The molecule has 0 fully saturated rings. The summed E-state index contributed by atoms with van der Waals surface area (Å²) in [6, 6.07) is 3.18. The molecular weight excluding hydrogens is 207 g/mol. The number of hydrogen-bond donors (Lipinski definition) is 2. The van der Waals surface area contributed by atoms with Crippen LogP contribution in [0.4, 0.5) is 13.2 Å². The van der Waals surface area contributed by atoms with E-state index >= 15 is 0 Å². The van der Waals surface area contributed by atoms with Crippen LogP contribution in [0.5, 0.6) is 0 Å². The Hall–Kier alpha value is -1.07. The van der Waals surface area contributed by atoms with E-state index in [9.17, 15) is 18.3 Å². The van der Waals surface area contributed by atoms with Crippen LogP contribution in [0.1, 0.15) is 30.1 Å². The van der Waals surface area contributed by atoms with Crippen LogP contribution in [-0.4, -0.2) is 11.7 Å². The number of benzene rings is 1. The molecule has 0 amide bonds. The van der Waals surface area contributed by atoms with Crippen molar-refractivity contribution in [3.05, 3.63) is 35.1 Å². The molecule has 5 heteroatoms. The van der Waals surface area contributed by atoms with Gasteiger partial charge in [-0.25, -0.2) is 13.2 Å². The molecule has 1 aromatic carbocycles. The number of aliphatic hydroxyl groups is 1. The maximum Gasteiger partial charge on any atom is 0.266 e. The summed E-state index contributed by atoms with van der Waals surface area (Å²) in [5.74, 6) is -1.00. The first-order chi connectivity index (χ1) is 7.06. The van der Waals surface area contributed by atoms with Crippen LogP contribution >= 0.6 is 0 Å². The van der Waals surface area contributed by atoms with Crippen molar-refractivity contribution in [1.82, 2.24) is 0 Å². The van der Waals surface area contributed by atoms with Gasteiger partial charge in [0, 0.05) is 0 Å². The summed E-state index contributed by atoms with van der Waals surface area (Å²) in [4.78, 5) is 0. The van der Waals surface area contributed by atoms with Crippen LogP contribution < -0.4 is 5.73 Å². The summed E-state index contributed by atoms with van der Waals surface area (Å²) in [5.41, 5.74) is 4.82. The van der Waals surface area contributed by atoms with Gasteiger partial charge in [0.2, 0.25) is 0 Å². The van der Waals surface area contributed by atoms with Gasteiger partial charge in [0.1, 0.15) is 5.82 Å². The van der Waals surface area contributed by atoms with Gasteiger partial charge < -0.3 is 10.8 Å². The number of alkyl halides is 2. The average Bonchev–Trinajstić information content (AvgIpc) is 2.17. The Morgan fingerprint density at radius 2 is 2.00 bits per heavy atom. The van der Waals surface area contributed by atoms with Gasteiger partial charge >= 0.3 is 0 Å². The predicted molar refractivity (Wildman–Crippen MR) is 50.0 cm³/mol. The van der Waals surface area contributed by atoms with E-state index in [0.29, 0.717) is 0 Å². The van der Waals surface area contributed by atoms with Crippen LogP contribution in [0.2, 0.25) is 0 Å². The zero-order valence-electron chi connectivity index (χ0n) is 7.96. The summed E-state index contributed by atoms with van der Waals surface area (Å²) >= 11 is 0. The smallest absolute Gasteiger partial charge is 0.266 e. The molecule has 0 bridgehead atoms. The highest BCUT2D eigenvalue weighted by molar-refractivity contribution is 5.26. The van der Waals surface area contributed by atoms with E-state index in [2.05, 4.69) is 0 Å². The van der Waals surface area contributed by atoms with Gasteiger partial charge in [0.05, 0.1) is 11.7 Å². The number of aliphatic hydroxyl groups excluding tert-OH is 1. The first-order valence-electron chi connectivity index (χ1n) is 4.52. The van der Waals surface area contributed by atoms with Gasteiger partial charge in [-0.1, -0.05) is 12.1 Å². The van der Waals surface area contributed by atoms with Crippen molar-refractivity contribution in [3.8, 4) is 0 Å². The molecule has 1 rings (SSSR count). The molecule has 0 aromatic heterocycles. The molecule has 1 unspecified atom stereocenters. The highest BCUT2D eigenvalue weighted by Crippen LogP contribution is 2.25. The molecule has 0 saturated carbocycles. The summed E-state index contributed by atoms with van der Waals surface area (Å²) in [7, 11) is 0. The van der Waals surface area contributed by atoms with E-state index in [-0.39, 0.29) is 18.5 Å². The van der Waals surface area contributed by atoms with Gasteiger partial charge in [-0.05, 0) is 24.6 Å². The van der Waals surface area contributed by atoms with Crippen LogP contribution in [0.3, 0.4) is 0 Å². The molecule has 15 heavy (non-hydrogen) atoms. The zero-order valence-corrected chi connectivity index (χ0v) is 7.96. The van der Waals surface area contributed by atoms with Gasteiger partial charge in [0.15, 0.2) is 0 Å². The van der Waals surface area contributed by atoms with Crippen LogP contribution in [0, 0.1) is 5.82 Å². The number of nitrogens with two attached hydrogens (primary N) is 1. The Morgan fingerprint density at radius 1 is 1.33 bits per heavy atom. The van der Waals surface area contributed by atoms with Crippen molar-refractivity contribution in [3.63, 3.8) is 0 Å². The van der Waals surface area contributed by atoms with Crippen molar-refractivity contribution in [1.29, 1.82) is 0 Å². The lowest BCUT2D eigenvalue weighted by Crippen LogP contribution is -2.07. The molecule has 3 N–H and O–H groups in total. The van der Waals surface area contributed by atoms with Crippen molar-refractivity contribution < 1.29 is 18.3 Å². The summed E-state index contributed by atoms with van der Waals surface area (Å²) in [6.07, 6.45) is -3.48. The van der Waals surface area contributed by atoms with Crippen LogP contribution in [-0.2, 0) is 0 Å². The standard InChI is InChI=1S/C10H12F3NO/c11-8-5-6(9(15)3-4-14)1-2-7(8)10(12)13/h1-2,5,9-10,15H,3-4,14H2. The van der Waals surface area contributed by atoms with Gasteiger partial charge in [-0.3, -0.25) is 0 Å². The van der Waals surface area contributed by atoms with Crippen LogP contribution in [0.15, 0.2) is 18.2 Å². The monoisotopic (exact) mass is 219 g/mol. The molecule has 0 aliphatic rings. The third-order valence-corrected chi connectivity index (χ3v) is 2.08. The average molecular weight is 219 g/mol. The van der Waals surface area contributed by atoms with Crippen molar-refractivity contribution in [2.75, 3.05) is 6.54 Å². The first-order valence-corrected chi connectivity index (χ1v) is 4.52. The Labute approximate surface area is 85.5 Å². The van der Waals surface area contributed by atoms with E-state index in [0.717, 1.165) is 12.1 Å². The van der Waals surface area contributed by atoms with Crippen molar-refractivity contribution in [2.45, 2.75) is 19.0 Å². The normalized spacial score (nSPS) is 13.2. The van der Waals surface area contributed by atoms with E-state index < -0.39 is 23.9 Å². The molecule has 0 aliphatic carbocycles. The van der Waals surface area contributed by atoms with Gasteiger partial charge in [0.25, 0.3) is 6.43 Å². The second-order valence-electron chi connectivity index (χ2n) is 3.17. The summed E-state index contributed by atoms with van der Waals surface area (Å²) in [6.45, 7) is 0.249. The molecule has 0 saturated heterocycles. The third-order valence-electron chi connectivity index (χ3n) is 2.08. The van der Waals surface area contributed by atoms with Crippen molar-refractivity contribution >= 4 is 0 Å². The first kappa shape index (κ1) is 12.0. The second-order valence-corrected chi connectivity index (χ2v) is 3.17. The number of hydrogen-bond acceptors (Lipinski definition) is 2. The summed E-state index contributed by atoms with van der Waals surface area (Å²) < 4.78 is 37.5. The Bertz CT molecular complexity index is 330. The lowest BCUT2D eigenvalue weighted by molar-refractivity contribution is 0.145. The molecule has 0 radical (unpaired) electrons. The minimum atomic E-state index is -2.84. The fraction of sp³-hybridized carbons (Fsp3) is 0.400. The largest absolute Gasteiger partial charge is 0.388 e. The van der Waals surface area contributed by atoms with E-state index in [1.807, 2.05) is 0 Å². The SMILES string of the molecule is NCCC(O)c1ccc(C(F)F)c(F)c1. The third kappa shape index (κ3) is 2.94. The molecule has 1 aromatic rings. The number of halogens is 3. The number of rotatable bonds is 4. The Balaban J connectivity index is 2.91. The van der Waals surface area contributed by atoms with E-state index in [1.54, 1.807) is 0 Å². The topological polar surface area (TPSA) is 46.2 Å². The minimum absolute atomic E-state index is 0.249. The lowest BCUT2D eigenvalue weighted by atomic mass is 10.0. The van der Waals surface area contributed by atoms with E-state index in [1.165, 1.54) is 6.07 Å². The maximum absolute atomic E-state index is 13.1. The van der Waals surface area contributed by atoms with Crippen LogP contribution in [0.25, 0.3) is 0 Å². The maximum atomic E-state index is 13.1. The molecule has 0 heterocycles. The van der Waals surface area contributed by atoms with Gasteiger partial charge in [-0.15, -0.1) is 0 Å². The quantitative estimate of drug-likeness (QED) is 0.815. The van der Waals surface area contributed by atoms with Gasteiger partial charge in [-0.2, -0.15) is 0 Å². The predicted octanol–water partition coefficient (Wildman–Crippen LogP) is 2.15. The Morgan fingerprint density at radius 3 is 2.47 bits per heavy atom. The fourth-order valence-electron chi connectivity index (χ4n) is 1.25. The highest BCUT2D eigenvalue weighted by Gasteiger charge is 2.15. The molecular formula is C10H12F3NO. The van der Waals surface area contributed by atoms with E-state index in [4.69, 9.17) is 5.73 Å². The molecule has 84 valence electrons. The zero-order chi connectivity index (χ0) is 11.4. The molecule has 0 aliphatic heterocycles. The minimum Gasteiger partial charge on any atom is -0.388 e. The highest BCUT2D eigenvalue weighted by atomic mass is 19.3. The molecule has 1 atom stereocenters. The molecule has 2 nitrogen and oxygen atoms in total.